The predicted octanol–water partition coefficient (Wildman–Crippen LogP) is 0.0990. The lowest BCUT2D eigenvalue weighted by Gasteiger charge is -2.37. The Morgan fingerprint density at radius 2 is 1.88 bits per heavy atom. The topological polar surface area (TPSA) is 67.8 Å². The zero-order chi connectivity index (χ0) is 11.7. The lowest BCUT2D eigenvalue weighted by Crippen LogP contribution is -2.44. The Balaban J connectivity index is 2.07. The van der Waals surface area contributed by atoms with E-state index >= 15 is 0 Å². The van der Waals surface area contributed by atoms with Crippen LogP contribution in [-0.2, 0) is 14.3 Å². The first kappa shape index (κ1) is 11.8. The predicted molar refractivity (Wildman–Crippen MR) is 57.2 cm³/mol. The summed E-state index contributed by atoms with van der Waals surface area (Å²) in [5.41, 5.74) is 0. The fourth-order valence-electron chi connectivity index (χ4n) is 3.08. The molecule has 0 spiro atoms. The molecule has 0 bridgehead atoms. The fourth-order valence-corrected chi connectivity index (χ4v) is 3.08. The lowest BCUT2D eigenvalue weighted by molar-refractivity contribution is -0.142. The van der Waals surface area contributed by atoms with Crippen LogP contribution in [0.5, 0.6) is 0 Å². The molecular weight excluding hydrogens is 210 g/mol. The Morgan fingerprint density at radius 1 is 1.25 bits per heavy atom. The van der Waals surface area contributed by atoms with Crippen molar-refractivity contribution in [2.45, 2.75) is 31.1 Å². The molecule has 0 aromatic carbocycles. The third-order valence-corrected chi connectivity index (χ3v) is 3.96. The van der Waals surface area contributed by atoms with Gasteiger partial charge in [-0.1, -0.05) is 0 Å². The van der Waals surface area contributed by atoms with Gasteiger partial charge in [-0.3, -0.25) is 4.79 Å². The Morgan fingerprint density at radius 3 is 2.44 bits per heavy atom. The van der Waals surface area contributed by atoms with E-state index in [1.807, 2.05) is 0 Å². The van der Waals surface area contributed by atoms with E-state index < -0.39 is 12.0 Å². The van der Waals surface area contributed by atoms with Crippen LogP contribution >= 0.6 is 0 Å². The number of hydrogen-bond acceptors (Lipinski definition) is 4. The minimum absolute atomic E-state index is 0.0213. The minimum Gasteiger partial charge on any atom is -0.480 e. The molecule has 1 saturated heterocycles. The molecule has 0 radical (unpaired) electrons. The summed E-state index contributed by atoms with van der Waals surface area (Å²) in [5, 5.41) is 12.2. The highest BCUT2D eigenvalue weighted by atomic mass is 16.5. The van der Waals surface area contributed by atoms with E-state index in [4.69, 9.17) is 14.6 Å². The Bertz CT molecular complexity index is 271. The van der Waals surface area contributed by atoms with Gasteiger partial charge in [0, 0.05) is 14.2 Å². The van der Waals surface area contributed by atoms with Crippen molar-refractivity contribution in [1.29, 1.82) is 0 Å². The number of carbonyl (C=O) groups is 1. The van der Waals surface area contributed by atoms with Crippen LogP contribution in [-0.4, -0.2) is 50.1 Å². The van der Waals surface area contributed by atoms with E-state index in [9.17, 15) is 4.79 Å². The SMILES string of the molecule is COC1CC2CNC(C(=O)O)C2CC1OC. The first-order valence-corrected chi connectivity index (χ1v) is 5.69. The molecule has 0 aromatic heterocycles. The van der Waals surface area contributed by atoms with Crippen molar-refractivity contribution >= 4 is 5.97 Å². The van der Waals surface area contributed by atoms with E-state index in [1.54, 1.807) is 14.2 Å². The van der Waals surface area contributed by atoms with Crippen molar-refractivity contribution in [3.05, 3.63) is 0 Å². The number of hydrogen-bond donors (Lipinski definition) is 2. The van der Waals surface area contributed by atoms with Crippen LogP contribution in [0.1, 0.15) is 12.8 Å². The first-order valence-electron chi connectivity index (χ1n) is 5.69. The van der Waals surface area contributed by atoms with Gasteiger partial charge in [0.1, 0.15) is 6.04 Å². The highest BCUT2D eigenvalue weighted by Crippen LogP contribution is 2.38. The van der Waals surface area contributed by atoms with Crippen molar-refractivity contribution in [2.24, 2.45) is 11.8 Å². The second-order valence-corrected chi connectivity index (χ2v) is 4.67. The summed E-state index contributed by atoms with van der Waals surface area (Å²) in [5.74, 6) is -0.176. The zero-order valence-corrected chi connectivity index (χ0v) is 9.68. The molecular formula is C11H19NO4. The van der Waals surface area contributed by atoms with E-state index in [1.165, 1.54) is 0 Å². The van der Waals surface area contributed by atoms with Gasteiger partial charge >= 0.3 is 5.97 Å². The smallest absolute Gasteiger partial charge is 0.320 e. The van der Waals surface area contributed by atoms with Crippen LogP contribution in [0.15, 0.2) is 0 Å². The van der Waals surface area contributed by atoms with Crippen LogP contribution in [0, 0.1) is 11.8 Å². The monoisotopic (exact) mass is 229 g/mol. The molecule has 5 atom stereocenters. The highest BCUT2D eigenvalue weighted by Gasteiger charge is 2.47. The number of carboxylic acid groups (broad SMARTS) is 1. The molecule has 1 saturated carbocycles. The van der Waals surface area contributed by atoms with Crippen LogP contribution in [0.25, 0.3) is 0 Å². The molecule has 1 heterocycles. The maximum atomic E-state index is 11.1. The second kappa shape index (κ2) is 4.69. The van der Waals surface area contributed by atoms with Crippen molar-refractivity contribution in [3.63, 3.8) is 0 Å². The lowest BCUT2D eigenvalue weighted by atomic mass is 9.75. The molecule has 1 aliphatic heterocycles. The number of rotatable bonds is 3. The van der Waals surface area contributed by atoms with Gasteiger partial charge in [0.15, 0.2) is 0 Å². The molecule has 2 aliphatic rings. The highest BCUT2D eigenvalue weighted by molar-refractivity contribution is 5.74. The van der Waals surface area contributed by atoms with Gasteiger partial charge in [-0.2, -0.15) is 0 Å². The quantitative estimate of drug-likeness (QED) is 0.718. The molecule has 5 heteroatoms. The van der Waals surface area contributed by atoms with Crippen molar-refractivity contribution in [2.75, 3.05) is 20.8 Å². The van der Waals surface area contributed by atoms with Crippen LogP contribution in [0.4, 0.5) is 0 Å². The molecule has 16 heavy (non-hydrogen) atoms. The molecule has 0 amide bonds. The number of methoxy groups -OCH3 is 2. The Labute approximate surface area is 95.1 Å². The van der Waals surface area contributed by atoms with Gasteiger partial charge in [0.05, 0.1) is 12.2 Å². The maximum absolute atomic E-state index is 11.1. The van der Waals surface area contributed by atoms with E-state index in [0.717, 1.165) is 19.4 Å². The van der Waals surface area contributed by atoms with Gasteiger partial charge in [0.2, 0.25) is 0 Å². The summed E-state index contributed by atoms with van der Waals surface area (Å²) in [6, 6.07) is -0.416. The largest absolute Gasteiger partial charge is 0.480 e. The molecule has 5 nitrogen and oxygen atoms in total. The molecule has 1 aliphatic carbocycles. The standard InChI is InChI=1S/C11H19NO4/c1-15-8-3-6-5-12-10(11(13)14)7(6)4-9(8)16-2/h6-10,12H,3-5H2,1-2H3,(H,13,14). The summed E-state index contributed by atoms with van der Waals surface area (Å²) < 4.78 is 10.8. The molecule has 2 N–H and O–H groups in total. The average molecular weight is 229 g/mol. The van der Waals surface area contributed by atoms with Crippen LogP contribution < -0.4 is 5.32 Å². The number of carboxylic acids is 1. The van der Waals surface area contributed by atoms with E-state index in [0.29, 0.717) is 5.92 Å². The Hall–Kier alpha value is -0.650. The number of nitrogens with one attached hydrogen (secondary N) is 1. The van der Waals surface area contributed by atoms with Crippen molar-refractivity contribution < 1.29 is 19.4 Å². The minimum atomic E-state index is -0.752. The van der Waals surface area contributed by atoms with Crippen LogP contribution in [0.2, 0.25) is 0 Å². The Kier molecular flexibility index (Phi) is 3.47. The summed E-state index contributed by atoms with van der Waals surface area (Å²) in [7, 11) is 3.35. The fraction of sp³-hybridized carbons (Fsp3) is 0.909. The van der Waals surface area contributed by atoms with Crippen molar-refractivity contribution in [3.8, 4) is 0 Å². The second-order valence-electron chi connectivity index (χ2n) is 4.67. The summed E-state index contributed by atoms with van der Waals surface area (Å²) in [4.78, 5) is 11.1. The van der Waals surface area contributed by atoms with Gasteiger partial charge in [-0.25, -0.2) is 0 Å². The maximum Gasteiger partial charge on any atom is 0.320 e. The van der Waals surface area contributed by atoms with Crippen molar-refractivity contribution in [1.82, 2.24) is 5.32 Å². The summed E-state index contributed by atoms with van der Waals surface area (Å²) >= 11 is 0. The van der Waals surface area contributed by atoms with Gasteiger partial charge in [-0.15, -0.1) is 0 Å². The third kappa shape index (κ3) is 1.95. The molecule has 2 fully saturated rings. The zero-order valence-electron chi connectivity index (χ0n) is 9.68. The number of aliphatic carboxylic acids is 1. The molecule has 5 unspecified atom stereocenters. The molecule has 2 rings (SSSR count). The first-order chi connectivity index (χ1) is 7.67. The summed E-state index contributed by atoms with van der Waals surface area (Å²) in [6.45, 7) is 0.776. The van der Waals surface area contributed by atoms with Gasteiger partial charge in [0.25, 0.3) is 0 Å². The number of fused-ring (bicyclic) bond motifs is 1. The van der Waals surface area contributed by atoms with E-state index in [-0.39, 0.29) is 18.1 Å². The average Bonchev–Trinajstić information content (AvgIpc) is 2.69. The summed E-state index contributed by atoms with van der Waals surface area (Å²) in [6.07, 6.45) is 1.77. The molecule has 0 aromatic rings. The molecule has 92 valence electrons. The normalized spacial score (nSPS) is 43.0. The van der Waals surface area contributed by atoms with Gasteiger partial charge in [-0.05, 0) is 31.2 Å². The van der Waals surface area contributed by atoms with Gasteiger partial charge < -0.3 is 19.9 Å². The third-order valence-electron chi connectivity index (χ3n) is 3.96. The number of ether oxygens (including phenoxy) is 2. The van der Waals surface area contributed by atoms with Crippen LogP contribution in [0.3, 0.4) is 0 Å². The van der Waals surface area contributed by atoms with E-state index in [2.05, 4.69) is 5.32 Å².